The second-order valence-electron chi connectivity index (χ2n) is 7.97. The molecule has 0 saturated heterocycles. The summed E-state index contributed by atoms with van der Waals surface area (Å²) in [6, 6.07) is 27.8. The Morgan fingerprint density at radius 1 is 0.629 bits per heavy atom. The molecule has 170 valence electrons. The molecule has 0 bridgehead atoms. The first kappa shape index (κ1) is 22.0. The Kier molecular flexibility index (Phi) is 5.77. The van der Waals surface area contributed by atoms with Crippen LogP contribution in [0.2, 0.25) is 0 Å². The van der Waals surface area contributed by atoms with Crippen LogP contribution < -0.4 is 5.32 Å². The molecule has 1 aliphatic carbocycles. The SMILES string of the molecule is O=C(COC(=O)c1cccc2c1C(=O)c1ccccc1C2=O)Nc1ccccc1-c1ccccc1. The number of benzene rings is 4. The van der Waals surface area contributed by atoms with Gasteiger partial charge in [0.1, 0.15) is 0 Å². The minimum absolute atomic E-state index is 0.00367. The van der Waals surface area contributed by atoms with E-state index < -0.39 is 24.3 Å². The maximum atomic E-state index is 13.1. The number of carbonyl (C=O) groups is 4. The van der Waals surface area contributed by atoms with Crippen molar-refractivity contribution in [2.24, 2.45) is 0 Å². The number of rotatable bonds is 5. The molecule has 0 fully saturated rings. The molecule has 0 unspecified atom stereocenters. The zero-order chi connectivity index (χ0) is 24.4. The third kappa shape index (κ3) is 4.13. The molecule has 0 saturated carbocycles. The molecule has 0 spiro atoms. The van der Waals surface area contributed by atoms with E-state index in [0.29, 0.717) is 11.3 Å². The topological polar surface area (TPSA) is 89.5 Å². The van der Waals surface area contributed by atoms with Gasteiger partial charge in [-0.15, -0.1) is 0 Å². The van der Waals surface area contributed by atoms with E-state index in [4.69, 9.17) is 4.74 Å². The van der Waals surface area contributed by atoms with Crippen LogP contribution >= 0.6 is 0 Å². The first-order valence-electron chi connectivity index (χ1n) is 11.0. The molecule has 1 amide bonds. The largest absolute Gasteiger partial charge is 0.452 e. The Labute approximate surface area is 201 Å². The zero-order valence-electron chi connectivity index (χ0n) is 18.5. The molecule has 6 nitrogen and oxygen atoms in total. The van der Waals surface area contributed by atoms with Gasteiger partial charge in [-0.25, -0.2) is 4.79 Å². The van der Waals surface area contributed by atoms with E-state index in [-0.39, 0.29) is 28.0 Å². The van der Waals surface area contributed by atoms with Gasteiger partial charge in [-0.2, -0.15) is 0 Å². The number of ether oxygens (including phenoxy) is 1. The number of carbonyl (C=O) groups excluding carboxylic acids is 4. The number of hydrogen-bond donors (Lipinski definition) is 1. The lowest BCUT2D eigenvalue weighted by atomic mass is 9.82. The molecule has 1 N–H and O–H groups in total. The molecular weight excluding hydrogens is 442 g/mol. The van der Waals surface area contributed by atoms with Crippen LogP contribution in [0.25, 0.3) is 11.1 Å². The van der Waals surface area contributed by atoms with Crippen LogP contribution in [0.1, 0.15) is 42.2 Å². The van der Waals surface area contributed by atoms with Gasteiger partial charge in [0.2, 0.25) is 0 Å². The lowest BCUT2D eigenvalue weighted by Gasteiger charge is -2.19. The van der Waals surface area contributed by atoms with Gasteiger partial charge in [-0.05, 0) is 17.7 Å². The number of amides is 1. The lowest BCUT2D eigenvalue weighted by Crippen LogP contribution is -2.26. The molecule has 6 heteroatoms. The van der Waals surface area contributed by atoms with Crippen molar-refractivity contribution in [1.82, 2.24) is 0 Å². The summed E-state index contributed by atoms with van der Waals surface area (Å²) in [4.78, 5) is 51.4. The van der Waals surface area contributed by atoms with Gasteiger partial charge in [0.05, 0.1) is 5.56 Å². The quantitative estimate of drug-likeness (QED) is 0.375. The van der Waals surface area contributed by atoms with Crippen LogP contribution in [0, 0.1) is 0 Å². The number of esters is 1. The van der Waals surface area contributed by atoms with Crippen molar-refractivity contribution in [3.8, 4) is 11.1 Å². The summed E-state index contributed by atoms with van der Waals surface area (Å²) in [6.45, 7) is -0.551. The summed E-state index contributed by atoms with van der Waals surface area (Å²) in [5, 5.41) is 2.77. The van der Waals surface area contributed by atoms with Gasteiger partial charge < -0.3 is 10.1 Å². The highest BCUT2D eigenvalue weighted by atomic mass is 16.5. The Bertz CT molecular complexity index is 1490. The third-order valence-electron chi connectivity index (χ3n) is 5.79. The third-order valence-corrected chi connectivity index (χ3v) is 5.79. The average molecular weight is 461 g/mol. The van der Waals surface area contributed by atoms with Gasteiger partial charge in [0.25, 0.3) is 5.91 Å². The van der Waals surface area contributed by atoms with Crippen molar-refractivity contribution < 1.29 is 23.9 Å². The summed E-state index contributed by atoms with van der Waals surface area (Å²) in [6.07, 6.45) is 0. The van der Waals surface area contributed by atoms with E-state index in [2.05, 4.69) is 5.32 Å². The van der Waals surface area contributed by atoms with Crippen molar-refractivity contribution in [2.75, 3.05) is 11.9 Å². The van der Waals surface area contributed by atoms with E-state index in [0.717, 1.165) is 11.1 Å². The van der Waals surface area contributed by atoms with Crippen molar-refractivity contribution in [1.29, 1.82) is 0 Å². The lowest BCUT2D eigenvalue weighted by molar-refractivity contribution is -0.119. The van der Waals surface area contributed by atoms with E-state index in [9.17, 15) is 19.2 Å². The molecule has 35 heavy (non-hydrogen) atoms. The van der Waals surface area contributed by atoms with Crippen LogP contribution in [0.15, 0.2) is 97.1 Å². The summed E-state index contributed by atoms with van der Waals surface area (Å²) in [5.74, 6) is -2.14. The molecule has 0 aliphatic heterocycles. The number of hydrogen-bond acceptors (Lipinski definition) is 5. The normalized spacial score (nSPS) is 11.9. The van der Waals surface area contributed by atoms with Crippen molar-refractivity contribution in [3.63, 3.8) is 0 Å². The molecule has 0 radical (unpaired) electrons. The summed E-state index contributed by atoms with van der Waals surface area (Å²) in [5.41, 5.74) is 2.96. The Morgan fingerprint density at radius 2 is 1.23 bits per heavy atom. The Balaban J connectivity index is 1.33. The van der Waals surface area contributed by atoms with Gasteiger partial charge in [0, 0.05) is 33.5 Å². The summed E-state index contributed by atoms with van der Waals surface area (Å²) >= 11 is 0. The Hall–Kier alpha value is -4.84. The number of anilines is 1. The van der Waals surface area contributed by atoms with Crippen LogP contribution in [0.4, 0.5) is 5.69 Å². The molecule has 1 aliphatic rings. The van der Waals surface area contributed by atoms with Crippen LogP contribution in [-0.4, -0.2) is 30.0 Å². The Morgan fingerprint density at radius 3 is 1.97 bits per heavy atom. The predicted molar refractivity (Wildman–Crippen MR) is 131 cm³/mol. The maximum Gasteiger partial charge on any atom is 0.339 e. The highest BCUT2D eigenvalue weighted by Crippen LogP contribution is 2.30. The van der Waals surface area contributed by atoms with Crippen LogP contribution in [0.5, 0.6) is 0 Å². The monoisotopic (exact) mass is 461 g/mol. The summed E-state index contributed by atoms with van der Waals surface area (Å²) in [7, 11) is 0. The minimum atomic E-state index is -0.853. The second kappa shape index (κ2) is 9.19. The summed E-state index contributed by atoms with van der Waals surface area (Å²) < 4.78 is 5.23. The highest BCUT2D eigenvalue weighted by molar-refractivity contribution is 6.30. The molecular formula is C29H19NO5. The van der Waals surface area contributed by atoms with Gasteiger partial charge in [-0.3, -0.25) is 14.4 Å². The minimum Gasteiger partial charge on any atom is -0.452 e. The van der Waals surface area contributed by atoms with Crippen molar-refractivity contribution >= 4 is 29.1 Å². The fraction of sp³-hybridized carbons (Fsp3) is 0.0345. The molecule has 0 atom stereocenters. The average Bonchev–Trinajstić information content (AvgIpc) is 2.91. The first-order chi connectivity index (χ1) is 17.0. The van der Waals surface area contributed by atoms with E-state index in [1.165, 1.54) is 18.2 Å². The van der Waals surface area contributed by atoms with Gasteiger partial charge in [-0.1, -0.05) is 84.9 Å². The molecule has 4 aromatic carbocycles. The van der Waals surface area contributed by atoms with E-state index in [1.54, 1.807) is 36.4 Å². The van der Waals surface area contributed by atoms with Crippen molar-refractivity contribution in [2.45, 2.75) is 0 Å². The van der Waals surface area contributed by atoms with Crippen LogP contribution in [-0.2, 0) is 9.53 Å². The number of nitrogens with one attached hydrogen (secondary N) is 1. The molecule has 0 heterocycles. The van der Waals surface area contributed by atoms with Gasteiger partial charge >= 0.3 is 5.97 Å². The predicted octanol–water partition coefficient (Wildman–Crippen LogP) is 4.92. The fourth-order valence-electron chi connectivity index (χ4n) is 4.17. The number of fused-ring (bicyclic) bond motifs is 2. The zero-order valence-corrected chi connectivity index (χ0v) is 18.5. The molecule has 4 aromatic rings. The maximum absolute atomic E-state index is 13.1. The van der Waals surface area contributed by atoms with Gasteiger partial charge in [0.15, 0.2) is 18.2 Å². The highest BCUT2D eigenvalue weighted by Gasteiger charge is 2.33. The first-order valence-corrected chi connectivity index (χ1v) is 11.0. The number of ketones is 2. The number of para-hydroxylation sites is 1. The smallest absolute Gasteiger partial charge is 0.339 e. The van der Waals surface area contributed by atoms with E-state index in [1.807, 2.05) is 42.5 Å². The second-order valence-corrected chi connectivity index (χ2v) is 7.97. The molecule has 0 aromatic heterocycles. The standard InChI is InChI=1S/C29H19NO5/c31-25(30-24-16-7-6-11-19(24)18-9-2-1-3-10-18)17-35-29(34)23-15-8-14-22-26(23)28(33)21-13-5-4-12-20(21)27(22)32/h1-16H,17H2,(H,30,31). The van der Waals surface area contributed by atoms with E-state index >= 15 is 0 Å². The fourth-order valence-corrected chi connectivity index (χ4v) is 4.17. The van der Waals surface area contributed by atoms with Crippen LogP contribution in [0.3, 0.4) is 0 Å². The molecule has 5 rings (SSSR count). The van der Waals surface area contributed by atoms with Crippen molar-refractivity contribution in [3.05, 3.63) is 125 Å².